The summed E-state index contributed by atoms with van der Waals surface area (Å²) in [5, 5.41) is 15.0. The molecule has 2 bridgehead atoms. The lowest BCUT2D eigenvalue weighted by atomic mass is 9.66. The Bertz CT molecular complexity index is 386. The van der Waals surface area contributed by atoms with Crippen molar-refractivity contribution in [3.8, 4) is 0 Å². The summed E-state index contributed by atoms with van der Waals surface area (Å²) in [7, 11) is 0. The van der Waals surface area contributed by atoms with E-state index >= 15 is 0 Å². The van der Waals surface area contributed by atoms with Crippen LogP contribution in [-0.4, -0.2) is 47.8 Å². The van der Waals surface area contributed by atoms with Crippen LogP contribution in [0.4, 0.5) is 0 Å². The molecule has 5 fully saturated rings. The molecule has 0 amide bonds. The first-order chi connectivity index (χ1) is 10.8. The van der Waals surface area contributed by atoms with Crippen LogP contribution in [0.25, 0.3) is 0 Å². The van der Waals surface area contributed by atoms with Crippen molar-refractivity contribution in [1.29, 1.82) is 0 Å². The van der Waals surface area contributed by atoms with Gasteiger partial charge in [-0.2, -0.15) is 0 Å². The Labute approximate surface area is 135 Å². The lowest BCUT2D eigenvalue weighted by Crippen LogP contribution is -2.61. The minimum Gasteiger partial charge on any atom is -0.391 e. The van der Waals surface area contributed by atoms with E-state index in [0.717, 1.165) is 24.3 Å². The van der Waals surface area contributed by atoms with E-state index in [0.29, 0.717) is 18.0 Å². The molecule has 4 aliphatic heterocycles. The van der Waals surface area contributed by atoms with Crippen LogP contribution in [0.1, 0.15) is 58.3 Å². The van der Waals surface area contributed by atoms with Crippen LogP contribution in [-0.2, 0) is 0 Å². The first-order valence-corrected chi connectivity index (χ1v) is 9.93. The molecular formula is C19H34N2O. The quantitative estimate of drug-likeness (QED) is 0.841. The third-order valence-electron chi connectivity index (χ3n) is 7.55. The van der Waals surface area contributed by atoms with Crippen LogP contribution in [0.15, 0.2) is 0 Å². The highest BCUT2D eigenvalue weighted by Gasteiger charge is 2.47. The van der Waals surface area contributed by atoms with Crippen LogP contribution in [0.2, 0.25) is 0 Å². The molecule has 2 N–H and O–H groups in total. The molecule has 0 aromatic heterocycles. The van der Waals surface area contributed by atoms with Crippen molar-refractivity contribution >= 4 is 0 Å². The monoisotopic (exact) mass is 306 g/mol. The number of rotatable bonds is 3. The van der Waals surface area contributed by atoms with Crippen molar-refractivity contribution in [3.63, 3.8) is 0 Å². The molecule has 1 aliphatic carbocycles. The van der Waals surface area contributed by atoms with Gasteiger partial charge in [0.1, 0.15) is 0 Å². The van der Waals surface area contributed by atoms with Crippen LogP contribution in [0, 0.1) is 23.7 Å². The number of aliphatic hydroxyl groups excluding tert-OH is 1. The molecule has 8 atom stereocenters. The third kappa shape index (κ3) is 2.63. The lowest BCUT2D eigenvalue weighted by Gasteiger charge is -2.54. The van der Waals surface area contributed by atoms with Crippen molar-refractivity contribution < 1.29 is 5.11 Å². The molecule has 5 aliphatic rings. The second-order valence-corrected chi connectivity index (χ2v) is 8.47. The standard InChI is InChI=1S/C19H34N2O/c1-2-13-12-21-10-8-14(13)11-18(21)19(22)16-7-9-20-17-6-4-3-5-15(16)17/h13-20,22H,2-12H2,1H3. The number of hydrogen-bond acceptors (Lipinski definition) is 3. The number of nitrogens with zero attached hydrogens (tertiary/aromatic N) is 1. The number of fused-ring (bicyclic) bond motifs is 4. The van der Waals surface area contributed by atoms with E-state index < -0.39 is 0 Å². The molecule has 0 radical (unpaired) electrons. The Hall–Kier alpha value is -0.120. The molecule has 5 rings (SSSR count). The van der Waals surface area contributed by atoms with E-state index in [9.17, 15) is 5.11 Å². The van der Waals surface area contributed by atoms with Crippen molar-refractivity contribution in [1.82, 2.24) is 10.2 Å². The summed E-state index contributed by atoms with van der Waals surface area (Å²) in [5.74, 6) is 3.07. The van der Waals surface area contributed by atoms with Crippen molar-refractivity contribution in [2.24, 2.45) is 23.7 Å². The Kier molecular flexibility index (Phi) is 4.49. The van der Waals surface area contributed by atoms with Crippen LogP contribution in [0.3, 0.4) is 0 Å². The van der Waals surface area contributed by atoms with Gasteiger partial charge in [-0.1, -0.05) is 26.2 Å². The average molecular weight is 306 g/mol. The average Bonchev–Trinajstić information content (AvgIpc) is 2.60. The Balaban J connectivity index is 1.46. The fraction of sp³-hybridized carbons (Fsp3) is 1.00. The first kappa shape index (κ1) is 15.4. The van der Waals surface area contributed by atoms with E-state index in [4.69, 9.17) is 0 Å². The summed E-state index contributed by atoms with van der Waals surface area (Å²) in [4.78, 5) is 2.65. The summed E-state index contributed by atoms with van der Waals surface area (Å²) in [6, 6.07) is 1.16. The minimum absolute atomic E-state index is 0.0756. The molecular weight excluding hydrogens is 272 g/mol. The second-order valence-electron chi connectivity index (χ2n) is 8.47. The van der Waals surface area contributed by atoms with Gasteiger partial charge in [0, 0.05) is 18.6 Å². The largest absolute Gasteiger partial charge is 0.391 e. The van der Waals surface area contributed by atoms with Crippen LogP contribution < -0.4 is 5.32 Å². The van der Waals surface area contributed by atoms with E-state index in [1.807, 2.05) is 0 Å². The molecule has 3 nitrogen and oxygen atoms in total. The van der Waals surface area contributed by atoms with Crippen molar-refractivity contribution in [3.05, 3.63) is 0 Å². The zero-order chi connectivity index (χ0) is 15.1. The third-order valence-corrected chi connectivity index (χ3v) is 7.55. The molecule has 126 valence electrons. The smallest absolute Gasteiger partial charge is 0.0727 e. The Morgan fingerprint density at radius 2 is 2.05 bits per heavy atom. The molecule has 0 aromatic carbocycles. The summed E-state index contributed by atoms with van der Waals surface area (Å²) in [6.07, 6.45) is 10.5. The topological polar surface area (TPSA) is 35.5 Å². The number of piperidine rings is 4. The highest BCUT2D eigenvalue weighted by molar-refractivity contribution is 5.00. The number of aliphatic hydroxyl groups is 1. The summed E-state index contributed by atoms with van der Waals surface area (Å²) in [5.41, 5.74) is 0. The zero-order valence-corrected chi connectivity index (χ0v) is 14.2. The fourth-order valence-electron chi connectivity index (χ4n) is 6.28. The molecule has 8 unspecified atom stereocenters. The number of hydrogen-bond donors (Lipinski definition) is 2. The molecule has 4 saturated heterocycles. The van der Waals surface area contributed by atoms with E-state index in [-0.39, 0.29) is 6.10 Å². The van der Waals surface area contributed by atoms with Gasteiger partial charge in [0.25, 0.3) is 0 Å². The maximum absolute atomic E-state index is 11.2. The predicted molar refractivity (Wildman–Crippen MR) is 89.7 cm³/mol. The highest BCUT2D eigenvalue weighted by atomic mass is 16.3. The van der Waals surface area contributed by atoms with Gasteiger partial charge in [-0.3, -0.25) is 4.90 Å². The van der Waals surface area contributed by atoms with Gasteiger partial charge in [0.2, 0.25) is 0 Å². The van der Waals surface area contributed by atoms with Crippen LogP contribution in [0.5, 0.6) is 0 Å². The van der Waals surface area contributed by atoms with Crippen LogP contribution >= 0.6 is 0 Å². The fourth-order valence-corrected chi connectivity index (χ4v) is 6.28. The van der Waals surface area contributed by atoms with Gasteiger partial charge in [0.15, 0.2) is 0 Å². The zero-order valence-electron chi connectivity index (χ0n) is 14.2. The summed E-state index contributed by atoms with van der Waals surface area (Å²) in [6.45, 7) is 5.96. The molecule has 0 aromatic rings. The van der Waals surface area contributed by atoms with Gasteiger partial charge < -0.3 is 10.4 Å². The van der Waals surface area contributed by atoms with Gasteiger partial charge in [-0.05, 0) is 68.9 Å². The maximum Gasteiger partial charge on any atom is 0.0727 e. The van der Waals surface area contributed by atoms with Gasteiger partial charge >= 0.3 is 0 Å². The second kappa shape index (κ2) is 6.41. The van der Waals surface area contributed by atoms with Crippen molar-refractivity contribution in [2.45, 2.75) is 76.5 Å². The Morgan fingerprint density at radius 3 is 2.82 bits per heavy atom. The van der Waals surface area contributed by atoms with Gasteiger partial charge in [-0.25, -0.2) is 0 Å². The van der Waals surface area contributed by atoms with E-state index in [2.05, 4.69) is 17.1 Å². The molecule has 3 heteroatoms. The van der Waals surface area contributed by atoms with Crippen molar-refractivity contribution in [2.75, 3.05) is 19.6 Å². The molecule has 0 spiro atoms. The van der Waals surface area contributed by atoms with E-state index in [1.54, 1.807) is 0 Å². The number of nitrogens with one attached hydrogen (secondary N) is 1. The molecule has 1 saturated carbocycles. The first-order valence-electron chi connectivity index (χ1n) is 9.93. The summed E-state index contributed by atoms with van der Waals surface area (Å²) >= 11 is 0. The van der Waals surface area contributed by atoms with Gasteiger partial charge in [-0.15, -0.1) is 0 Å². The molecule has 22 heavy (non-hydrogen) atoms. The van der Waals surface area contributed by atoms with Gasteiger partial charge in [0.05, 0.1) is 6.10 Å². The Morgan fingerprint density at radius 1 is 1.18 bits per heavy atom. The van der Waals surface area contributed by atoms with E-state index in [1.165, 1.54) is 64.5 Å². The lowest BCUT2D eigenvalue weighted by molar-refractivity contribution is -0.0924. The minimum atomic E-state index is -0.0756. The highest BCUT2D eigenvalue weighted by Crippen LogP contribution is 2.43. The molecule has 4 heterocycles. The SMILES string of the molecule is CCC1CN2CCC1CC2C(O)C1CCNC2CCCCC21. The predicted octanol–water partition coefficient (Wildman–Crippen LogP) is 2.64. The normalized spacial score (nSPS) is 49.6. The maximum atomic E-state index is 11.2. The summed E-state index contributed by atoms with van der Waals surface area (Å²) < 4.78 is 0.